The van der Waals surface area contributed by atoms with Crippen molar-refractivity contribution in [1.82, 2.24) is 15.6 Å². The Kier molecular flexibility index (Phi) is 6.08. The molecule has 3 rings (SSSR count). The smallest absolute Gasteiger partial charge is 0.191 e. The van der Waals surface area contributed by atoms with Gasteiger partial charge in [0.05, 0.1) is 12.2 Å². The van der Waals surface area contributed by atoms with Crippen LogP contribution in [0.2, 0.25) is 0 Å². The third-order valence-electron chi connectivity index (χ3n) is 5.06. The lowest BCUT2D eigenvalue weighted by molar-refractivity contribution is 0.296. The van der Waals surface area contributed by atoms with E-state index in [1.807, 2.05) is 43.5 Å². The molecule has 2 N–H and O–H groups in total. The Bertz CT molecular complexity index is 687. The summed E-state index contributed by atoms with van der Waals surface area (Å²) in [5, 5.41) is 9.16. The molecule has 1 fully saturated rings. The highest BCUT2D eigenvalue weighted by Gasteiger charge is 2.34. The van der Waals surface area contributed by atoms with Crippen LogP contribution in [0.5, 0.6) is 0 Å². The van der Waals surface area contributed by atoms with Crippen LogP contribution in [0.4, 0.5) is 0 Å². The average Bonchev–Trinajstić information content (AvgIpc) is 3.18. The fourth-order valence-electron chi connectivity index (χ4n) is 3.66. The van der Waals surface area contributed by atoms with Gasteiger partial charge in [-0.1, -0.05) is 31.4 Å². The van der Waals surface area contributed by atoms with E-state index < -0.39 is 0 Å². The lowest BCUT2D eigenvalue weighted by atomic mass is 9.73. The van der Waals surface area contributed by atoms with E-state index in [9.17, 15) is 0 Å². The monoisotopic (exact) mass is 356 g/mol. The van der Waals surface area contributed by atoms with Crippen LogP contribution in [0.25, 0.3) is 0 Å². The average molecular weight is 357 g/mol. The van der Waals surface area contributed by atoms with Crippen LogP contribution < -0.4 is 10.6 Å². The van der Waals surface area contributed by atoms with E-state index in [1.165, 1.54) is 37.0 Å². The fourth-order valence-corrected chi connectivity index (χ4v) is 4.65. The number of rotatable bonds is 5. The van der Waals surface area contributed by atoms with E-state index in [0.29, 0.717) is 6.54 Å². The van der Waals surface area contributed by atoms with E-state index in [-0.39, 0.29) is 5.41 Å². The molecule has 0 unspecified atom stereocenters. The summed E-state index contributed by atoms with van der Waals surface area (Å²) in [6, 6.07) is 10.6. The van der Waals surface area contributed by atoms with Crippen molar-refractivity contribution in [3.63, 3.8) is 0 Å². The molecule has 0 atom stereocenters. The summed E-state index contributed by atoms with van der Waals surface area (Å²) >= 11 is 1.89. The number of nitrogens with zero attached hydrogens (tertiary/aromatic N) is 2. The molecule has 25 heavy (non-hydrogen) atoms. The normalized spacial score (nSPS) is 17.3. The number of pyridine rings is 1. The number of hydrogen-bond acceptors (Lipinski definition) is 3. The van der Waals surface area contributed by atoms with E-state index in [4.69, 9.17) is 0 Å². The van der Waals surface area contributed by atoms with Crippen molar-refractivity contribution in [3.8, 4) is 0 Å². The maximum Gasteiger partial charge on any atom is 0.191 e. The van der Waals surface area contributed by atoms with Gasteiger partial charge >= 0.3 is 0 Å². The molecule has 134 valence electrons. The Morgan fingerprint density at radius 1 is 1.16 bits per heavy atom. The van der Waals surface area contributed by atoms with Crippen LogP contribution in [0, 0.1) is 6.92 Å². The first-order valence-corrected chi connectivity index (χ1v) is 10.0. The molecule has 0 aromatic carbocycles. The van der Waals surface area contributed by atoms with Crippen molar-refractivity contribution in [2.24, 2.45) is 4.99 Å². The molecule has 0 radical (unpaired) electrons. The first-order valence-electron chi connectivity index (χ1n) is 9.13. The predicted octanol–water partition coefficient (Wildman–Crippen LogP) is 4.02. The summed E-state index contributed by atoms with van der Waals surface area (Å²) in [5.74, 6) is 0.852. The van der Waals surface area contributed by atoms with Gasteiger partial charge in [-0.3, -0.25) is 9.98 Å². The Labute approximate surface area is 154 Å². The Morgan fingerprint density at radius 3 is 2.68 bits per heavy atom. The third kappa shape index (κ3) is 4.60. The highest BCUT2D eigenvalue weighted by molar-refractivity contribution is 7.10. The minimum Gasteiger partial charge on any atom is -0.355 e. The van der Waals surface area contributed by atoms with Gasteiger partial charge in [0.25, 0.3) is 0 Å². The van der Waals surface area contributed by atoms with Crippen LogP contribution >= 0.6 is 11.3 Å². The van der Waals surface area contributed by atoms with E-state index in [1.54, 1.807) is 0 Å². The van der Waals surface area contributed by atoms with Crippen molar-refractivity contribution in [2.45, 2.75) is 51.0 Å². The Morgan fingerprint density at radius 2 is 2.00 bits per heavy atom. The molecular formula is C20H28N4S. The Balaban J connectivity index is 1.61. The second-order valence-electron chi connectivity index (χ2n) is 6.87. The second kappa shape index (κ2) is 8.48. The molecule has 1 aliphatic carbocycles. The quantitative estimate of drug-likeness (QED) is 0.628. The molecule has 0 aliphatic heterocycles. The van der Waals surface area contributed by atoms with Crippen molar-refractivity contribution >= 4 is 17.3 Å². The Hall–Kier alpha value is -1.88. The zero-order valence-corrected chi connectivity index (χ0v) is 16.0. The topological polar surface area (TPSA) is 49.3 Å². The van der Waals surface area contributed by atoms with Gasteiger partial charge in [0, 0.05) is 29.6 Å². The minimum absolute atomic E-state index is 0.256. The highest BCUT2D eigenvalue weighted by Crippen LogP contribution is 2.41. The molecule has 0 spiro atoms. The van der Waals surface area contributed by atoms with Gasteiger partial charge in [0.2, 0.25) is 0 Å². The van der Waals surface area contributed by atoms with Crippen molar-refractivity contribution < 1.29 is 0 Å². The summed E-state index contributed by atoms with van der Waals surface area (Å²) < 4.78 is 0. The molecule has 1 aliphatic rings. The van der Waals surface area contributed by atoms with Gasteiger partial charge < -0.3 is 10.6 Å². The maximum atomic E-state index is 4.54. The number of aryl methyl sites for hydroxylation is 1. The summed E-state index contributed by atoms with van der Waals surface area (Å²) in [5.41, 5.74) is 2.33. The predicted molar refractivity (Wildman–Crippen MR) is 106 cm³/mol. The van der Waals surface area contributed by atoms with Crippen LogP contribution in [-0.2, 0) is 12.0 Å². The van der Waals surface area contributed by atoms with E-state index >= 15 is 0 Å². The first kappa shape index (κ1) is 17.9. The molecule has 2 aromatic rings. The molecule has 0 saturated heterocycles. The number of aromatic nitrogens is 1. The zero-order valence-electron chi connectivity index (χ0n) is 15.2. The fraction of sp³-hybridized carbons (Fsp3) is 0.500. The van der Waals surface area contributed by atoms with Gasteiger partial charge in [-0.15, -0.1) is 11.3 Å². The third-order valence-corrected chi connectivity index (χ3v) is 6.17. The molecule has 2 aromatic heterocycles. The highest BCUT2D eigenvalue weighted by atomic mass is 32.1. The van der Waals surface area contributed by atoms with Crippen molar-refractivity contribution in [1.29, 1.82) is 0 Å². The number of aliphatic imine (C=N–C) groups is 1. The largest absolute Gasteiger partial charge is 0.355 e. The number of hydrogen-bond donors (Lipinski definition) is 2. The molecule has 0 amide bonds. The SMILES string of the molecule is CN=C(NCc1cccc(C)n1)NCC1(c2cccs2)CCCCC1. The molecule has 2 heterocycles. The van der Waals surface area contributed by atoms with Gasteiger partial charge in [0.15, 0.2) is 5.96 Å². The van der Waals surface area contributed by atoms with Gasteiger partial charge in [0.1, 0.15) is 0 Å². The number of nitrogens with one attached hydrogen (secondary N) is 2. The van der Waals surface area contributed by atoms with Crippen LogP contribution in [-0.4, -0.2) is 24.5 Å². The molecule has 1 saturated carbocycles. The minimum atomic E-state index is 0.256. The van der Waals surface area contributed by atoms with Gasteiger partial charge in [-0.2, -0.15) is 0 Å². The van der Waals surface area contributed by atoms with E-state index in [0.717, 1.165) is 23.9 Å². The summed E-state index contributed by atoms with van der Waals surface area (Å²) in [6.07, 6.45) is 6.52. The summed E-state index contributed by atoms with van der Waals surface area (Å²) in [6.45, 7) is 3.65. The van der Waals surface area contributed by atoms with Crippen LogP contribution in [0.15, 0.2) is 40.7 Å². The maximum absolute atomic E-state index is 4.54. The summed E-state index contributed by atoms with van der Waals surface area (Å²) in [4.78, 5) is 10.4. The molecule has 4 nitrogen and oxygen atoms in total. The second-order valence-corrected chi connectivity index (χ2v) is 7.82. The number of guanidine groups is 1. The first-order chi connectivity index (χ1) is 12.2. The van der Waals surface area contributed by atoms with Crippen LogP contribution in [0.3, 0.4) is 0 Å². The van der Waals surface area contributed by atoms with Gasteiger partial charge in [-0.25, -0.2) is 0 Å². The zero-order chi connectivity index (χ0) is 17.5. The van der Waals surface area contributed by atoms with Gasteiger partial charge in [-0.05, 0) is 43.3 Å². The standard InChI is InChI=1S/C20H28N4S/c1-16-8-6-9-17(24-16)14-22-19(21-2)23-15-20(11-4-3-5-12-20)18-10-7-13-25-18/h6-10,13H,3-5,11-12,14-15H2,1-2H3,(H2,21,22,23). The molecule has 0 bridgehead atoms. The van der Waals surface area contributed by atoms with Crippen LogP contribution in [0.1, 0.15) is 48.4 Å². The molecule has 5 heteroatoms. The lowest BCUT2D eigenvalue weighted by Crippen LogP contribution is -2.46. The summed E-state index contributed by atoms with van der Waals surface area (Å²) in [7, 11) is 1.83. The lowest BCUT2D eigenvalue weighted by Gasteiger charge is -2.37. The van der Waals surface area contributed by atoms with Crippen molar-refractivity contribution in [2.75, 3.05) is 13.6 Å². The van der Waals surface area contributed by atoms with Crippen molar-refractivity contribution in [3.05, 3.63) is 52.0 Å². The van der Waals surface area contributed by atoms with E-state index in [2.05, 4.69) is 38.1 Å². The number of thiophene rings is 1. The molecular weight excluding hydrogens is 328 g/mol.